The van der Waals surface area contributed by atoms with E-state index in [0.29, 0.717) is 12.5 Å². The zero-order chi connectivity index (χ0) is 16.3. The zero-order valence-corrected chi connectivity index (χ0v) is 13.7. The molecule has 1 aliphatic heterocycles. The lowest BCUT2D eigenvalue weighted by atomic mass is 9.99. The summed E-state index contributed by atoms with van der Waals surface area (Å²) in [6.07, 6.45) is 4.61. The molecule has 0 radical (unpaired) electrons. The Bertz CT molecular complexity index is 561. The molecule has 0 atom stereocenters. The van der Waals surface area contributed by atoms with Crippen LogP contribution in [0, 0.1) is 10.1 Å². The number of nitro groups is 1. The Morgan fingerprint density at radius 2 is 2.05 bits per heavy atom. The molecule has 1 saturated heterocycles. The molecule has 0 unspecified atom stereocenters. The van der Waals surface area contributed by atoms with Gasteiger partial charge in [0, 0.05) is 42.0 Å². The molecule has 5 nitrogen and oxygen atoms in total. The number of benzene rings is 1. The predicted octanol–water partition coefficient (Wildman–Crippen LogP) is 3.33. The largest absolute Gasteiger partial charge is 0.371 e. The smallest absolute Gasteiger partial charge is 0.273 e. The summed E-state index contributed by atoms with van der Waals surface area (Å²) in [5.41, 5.74) is 2.92. The minimum Gasteiger partial charge on any atom is -0.371 e. The molecule has 1 aromatic carbocycles. The molecule has 22 heavy (non-hydrogen) atoms. The summed E-state index contributed by atoms with van der Waals surface area (Å²) < 4.78 is 0. The van der Waals surface area contributed by atoms with Crippen LogP contribution in [0.4, 0.5) is 11.4 Å². The summed E-state index contributed by atoms with van der Waals surface area (Å²) >= 11 is 0. The van der Waals surface area contributed by atoms with Crippen molar-refractivity contribution in [3.63, 3.8) is 0 Å². The maximum atomic E-state index is 11.2. The van der Waals surface area contributed by atoms with Crippen molar-refractivity contribution in [2.24, 2.45) is 0 Å². The summed E-state index contributed by atoms with van der Waals surface area (Å²) in [5.74, 6) is 0. The van der Waals surface area contributed by atoms with E-state index in [0.717, 1.165) is 42.7 Å². The average molecular weight is 303 g/mol. The molecule has 120 valence electrons. The Labute approximate surface area is 132 Å². The van der Waals surface area contributed by atoms with Gasteiger partial charge in [0.2, 0.25) is 0 Å². The summed E-state index contributed by atoms with van der Waals surface area (Å²) in [4.78, 5) is 15.5. The molecule has 1 heterocycles. The second kappa shape index (κ2) is 6.92. The van der Waals surface area contributed by atoms with Crippen LogP contribution in [0.15, 0.2) is 18.7 Å². The molecule has 1 fully saturated rings. The maximum Gasteiger partial charge on any atom is 0.273 e. The zero-order valence-electron chi connectivity index (χ0n) is 13.7. The van der Waals surface area contributed by atoms with E-state index in [1.807, 2.05) is 13.0 Å². The Morgan fingerprint density at radius 3 is 2.50 bits per heavy atom. The van der Waals surface area contributed by atoms with Crippen LogP contribution in [-0.2, 0) is 6.42 Å². The lowest BCUT2D eigenvalue weighted by molar-refractivity contribution is -0.385. The van der Waals surface area contributed by atoms with Crippen LogP contribution in [0.3, 0.4) is 0 Å². The van der Waals surface area contributed by atoms with Crippen LogP contribution >= 0.6 is 0 Å². The number of nitrogens with zero attached hydrogens (tertiary/aromatic N) is 3. The molecule has 1 aromatic rings. The van der Waals surface area contributed by atoms with Gasteiger partial charge in [0.25, 0.3) is 5.69 Å². The predicted molar refractivity (Wildman–Crippen MR) is 91.5 cm³/mol. The van der Waals surface area contributed by atoms with Gasteiger partial charge in [-0.25, -0.2) is 0 Å². The highest BCUT2D eigenvalue weighted by Crippen LogP contribution is 2.32. The van der Waals surface area contributed by atoms with Crippen molar-refractivity contribution in [2.75, 3.05) is 32.1 Å². The van der Waals surface area contributed by atoms with E-state index in [1.165, 1.54) is 0 Å². The van der Waals surface area contributed by atoms with Gasteiger partial charge in [0.05, 0.1) is 4.92 Å². The summed E-state index contributed by atoms with van der Waals surface area (Å²) in [7, 11) is 4.24. The Hall–Kier alpha value is -1.88. The molecule has 5 heteroatoms. The molecule has 2 rings (SSSR count). The van der Waals surface area contributed by atoms with E-state index in [9.17, 15) is 10.1 Å². The van der Waals surface area contributed by atoms with Crippen LogP contribution in [0.2, 0.25) is 0 Å². The number of hydrogen-bond acceptors (Lipinski definition) is 4. The van der Waals surface area contributed by atoms with Crippen molar-refractivity contribution in [1.29, 1.82) is 0 Å². The monoisotopic (exact) mass is 303 g/mol. The van der Waals surface area contributed by atoms with Gasteiger partial charge in [-0.05, 0) is 39.4 Å². The van der Waals surface area contributed by atoms with Gasteiger partial charge in [-0.2, -0.15) is 0 Å². The van der Waals surface area contributed by atoms with Crippen LogP contribution < -0.4 is 4.90 Å². The maximum absolute atomic E-state index is 11.2. The van der Waals surface area contributed by atoms with Gasteiger partial charge >= 0.3 is 0 Å². The third kappa shape index (κ3) is 3.30. The number of nitro benzene ring substituents is 1. The fourth-order valence-corrected chi connectivity index (χ4v) is 3.15. The summed E-state index contributed by atoms with van der Waals surface area (Å²) in [6.45, 7) is 7.74. The fourth-order valence-electron chi connectivity index (χ4n) is 3.15. The van der Waals surface area contributed by atoms with Crippen LogP contribution in [0.25, 0.3) is 6.08 Å². The quantitative estimate of drug-likeness (QED) is 0.618. The van der Waals surface area contributed by atoms with Crippen LogP contribution in [-0.4, -0.2) is 43.0 Å². The second-order valence-corrected chi connectivity index (χ2v) is 6.04. The molecular formula is C17H25N3O2. The van der Waals surface area contributed by atoms with Crippen molar-refractivity contribution in [2.45, 2.75) is 32.2 Å². The van der Waals surface area contributed by atoms with E-state index in [1.54, 1.807) is 12.1 Å². The van der Waals surface area contributed by atoms with E-state index in [2.05, 4.69) is 30.5 Å². The van der Waals surface area contributed by atoms with Crippen molar-refractivity contribution in [3.05, 3.63) is 40.0 Å². The second-order valence-electron chi connectivity index (χ2n) is 6.04. The minimum absolute atomic E-state index is 0.198. The highest BCUT2D eigenvalue weighted by molar-refractivity contribution is 5.71. The molecule has 1 aliphatic rings. The normalized spacial score (nSPS) is 16.1. The molecule has 0 amide bonds. The van der Waals surface area contributed by atoms with Gasteiger partial charge in [-0.3, -0.25) is 10.1 Å². The Kier molecular flexibility index (Phi) is 5.19. The lowest BCUT2D eigenvalue weighted by Gasteiger charge is -2.37. The van der Waals surface area contributed by atoms with Gasteiger partial charge in [-0.1, -0.05) is 19.6 Å². The van der Waals surface area contributed by atoms with Crippen molar-refractivity contribution in [3.8, 4) is 0 Å². The number of hydrogen-bond donors (Lipinski definition) is 0. The third-order valence-corrected chi connectivity index (χ3v) is 4.56. The first-order valence-corrected chi connectivity index (χ1v) is 7.83. The van der Waals surface area contributed by atoms with Crippen molar-refractivity contribution >= 4 is 17.5 Å². The van der Waals surface area contributed by atoms with Gasteiger partial charge < -0.3 is 9.80 Å². The SMILES string of the molecule is C=Cc1cc([N+](=O)[O-])c(CC)cc1N1CCC(N(C)C)CC1. The minimum atomic E-state index is -0.298. The van der Waals surface area contributed by atoms with Crippen LogP contribution in [0.5, 0.6) is 0 Å². The molecule has 0 saturated carbocycles. The average Bonchev–Trinajstić information content (AvgIpc) is 2.53. The Morgan fingerprint density at radius 1 is 1.41 bits per heavy atom. The number of rotatable bonds is 5. The van der Waals surface area contributed by atoms with Crippen molar-refractivity contribution in [1.82, 2.24) is 4.90 Å². The van der Waals surface area contributed by atoms with E-state index in [4.69, 9.17) is 0 Å². The molecule has 0 aliphatic carbocycles. The number of aryl methyl sites for hydroxylation is 1. The first-order valence-electron chi connectivity index (χ1n) is 7.83. The summed E-state index contributed by atoms with van der Waals surface area (Å²) in [5, 5.41) is 11.2. The molecule has 0 spiro atoms. The molecule has 0 N–H and O–H groups in total. The van der Waals surface area contributed by atoms with Gasteiger partial charge in [-0.15, -0.1) is 0 Å². The van der Waals surface area contributed by atoms with Gasteiger partial charge in [0.1, 0.15) is 0 Å². The molecular weight excluding hydrogens is 278 g/mol. The standard InChI is InChI=1S/C17H25N3O2/c1-5-13-12-17(20(21)22)14(6-2)11-16(13)19-9-7-15(8-10-19)18(3)4/h5,11-12,15H,1,6-10H2,2-4H3. The van der Waals surface area contributed by atoms with Gasteiger partial charge in [0.15, 0.2) is 0 Å². The molecule has 0 bridgehead atoms. The van der Waals surface area contributed by atoms with E-state index < -0.39 is 0 Å². The number of anilines is 1. The molecule has 0 aromatic heterocycles. The highest BCUT2D eigenvalue weighted by Gasteiger charge is 2.24. The number of piperidine rings is 1. The Balaban J connectivity index is 2.31. The van der Waals surface area contributed by atoms with Crippen LogP contribution in [0.1, 0.15) is 30.9 Å². The fraction of sp³-hybridized carbons (Fsp3) is 0.529. The topological polar surface area (TPSA) is 49.6 Å². The van der Waals surface area contributed by atoms with Crippen molar-refractivity contribution < 1.29 is 4.92 Å². The lowest BCUT2D eigenvalue weighted by Crippen LogP contribution is -2.42. The summed E-state index contributed by atoms with van der Waals surface area (Å²) in [6, 6.07) is 4.26. The van der Waals surface area contributed by atoms with E-state index >= 15 is 0 Å². The third-order valence-electron chi connectivity index (χ3n) is 4.56. The van der Waals surface area contributed by atoms with E-state index in [-0.39, 0.29) is 10.6 Å². The first kappa shape index (κ1) is 16.5. The first-order chi connectivity index (χ1) is 10.5. The highest BCUT2D eigenvalue weighted by atomic mass is 16.6.